The second-order valence-electron chi connectivity index (χ2n) is 5.71. The lowest BCUT2D eigenvalue weighted by molar-refractivity contribution is -0.140. The maximum Gasteiger partial charge on any atom is 0.322 e. The highest BCUT2D eigenvalue weighted by Crippen LogP contribution is 2.30. The predicted octanol–water partition coefficient (Wildman–Crippen LogP) is 2.50. The molecule has 0 aliphatic carbocycles. The zero-order chi connectivity index (χ0) is 17.3. The molecule has 1 heterocycles. The Kier molecular flexibility index (Phi) is 4.67. The van der Waals surface area contributed by atoms with Gasteiger partial charge in [0.1, 0.15) is 6.04 Å². The first-order valence-corrected chi connectivity index (χ1v) is 9.43. The van der Waals surface area contributed by atoms with E-state index >= 15 is 0 Å². The molecule has 126 valence electrons. The summed E-state index contributed by atoms with van der Waals surface area (Å²) in [5.41, 5.74) is 1.89. The summed E-state index contributed by atoms with van der Waals surface area (Å²) in [7, 11) is -3.86. The molecule has 2 atom stereocenters. The first kappa shape index (κ1) is 17.0. The van der Waals surface area contributed by atoms with E-state index in [9.17, 15) is 18.3 Å². The van der Waals surface area contributed by atoms with Gasteiger partial charge in [0.2, 0.25) is 10.0 Å². The number of aliphatic carboxylic acids is 1. The van der Waals surface area contributed by atoms with Crippen molar-refractivity contribution in [3.05, 3.63) is 54.6 Å². The van der Waals surface area contributed by atoms with Gasteiger partial charge in [-0.05, 0) is 29.7 Å². The first-order valence-electron chi connectivity index (χ1n) is 7.48. The molecule has 0 radical (unpaired) electrons. The maximum atomic E-state index is 12.8. The number of sulfonamides is 1. The van der Waals surface area contributed by atoms with Crippen molar-refractivity contribution in [1.82, 2.24) is 4.31 Å². The van der Waals surface area contributed by atoms with E-state index in [0.29, 0.717) is 0 Å². The van der Waals surface area contributed by atoms with Crippen molar-refractivity contribution in [2.45, 2.75) is 22.6 Å². The van der Waals surface area contributed by atoms with Crippen LogP contribution in [0.25, 0.3) is 11.1 Å². The van der Waals surface area contributed by atoms with Gasteiger partial charge < -0.3 is 5.11 Å². The number of rotatable bonds is 4. The van der Waals surface area contributed by atoms with Crippen molar-refractivity contribution >= 4 is 28.6 Å². The molecule has 2 aromatic rings. The van der Waals surface area contributed by atoms with E-state index in [-0.39, 0.29) is 23.1 Å². The van der Waals surface area contributed by atoms with Crippen LogP contribution in [0.4, 0.5) is 0 Å². The SMILES string of the molecule is O=C(O)C1CC(S)CN1S(=O)(=O)c1ccc(-c2ccccc2)cc1. The third-order valence-corrected chi connectivity index (χ3v) is 6.35. The summed E-state index contributed by atoms with van der Waals surface area (Å²) >= 11 is 4.24. The Labute approximate surface area is 146 Å². The third kappa shape index (κ3) is 3.19. The lowest BCUT2D eigenvalue weighted by atomic mass is 10.1. The fraction of sp³-hybridized carbons (Fsp3) is 0.235. The number of carboxylic acid groups (broad SMARTS) is 1. The lowest BCUT2D eigenvalue weighted by Gasteiger charge is -2.21. The highest BCUT2D eigenvalue weighted by Gasteiger charge is 2.42. The standard InChI is InChI=1S/C17H17NO4S2/c19-17(20)16-10-14(23)11-18(16)24(21,22)15-8-6-13(7-9-15)12-4-2-1-3-5-12/h1-9,14,16,23H,10-11H2,(H,19,20). The summed E-state index contributed by atoms with van der Waals surface area (Å²) in [5, 5.41) is 8.99. The summed E-state index contributed by atoms with van der Waals surface area (Å²) in [6, 6.07) is 15.0. The summed E-state index contributed by atoms with van der Waals surface area (Å²) in [4.78, 5) is 11.4. The molecule has 1 aliphatic heterocycles. The third-order valence-electron chi connectivity index (χ3n) is 4.09. The molecule has 0 saturated carbocycles. The second-order valence-corrected chi connectivity index (χ2v) is 8.33. The van der Waals surface area contributed by atoms with Gasteiger partial charge in [-0.2, -0.15) is 16.9 Å². The number of hydrogen-bond acceptors (Lipinski definition) is 4. The number of hydrogen-bond donors (Lipinski definition) is 2. The van der Waals surface area contributed by atoms with Crippen LogP contribution in [0.3, 0.4) is 0 Å². The molecule has 0 amide bonds. The number of benzene rings is 2. The molecule has 1 saturated heterocycles. The average Bonchev–Trinajstić information content (AvgIpc) is 2.99. The highest BCUT2D eigenvalue weighted by atomic mass is 32.2. The van der Waals surface area contributed by atoms with E-state index in [1.807, 2.05) is 30.3 Å². The van der Waals surface area contributed by atoms with Crippen LogP contribution in [0.2, 0.25) is 0 Å². The van der Waals surface area contributed by atoms with E-state index < -0.39 is 22.0 Å². The van der Waals surface area contributed by atoms with Gasteiger partial charge in [0.25, 0.3) is 0 Å². The molecular weight excluding hydrogens is 346 g/mol. The number of carboxylic acids is 1. The number of carbonyl (C=O) groups is 1. The van der Waals surface area contributed by atoms with Crippen molar-refractivity contribution < 1.29 is 18.3 Å². The van der Waals surface area contributed by atoms with Gasteiger partial charge in [-0.15, -0.1) is 0 Å². The molecule has 1 fully saturated rings. The number of nitrogens with zero attached hydrogens (tertiary/aromatic N) is 1. The fourth-order valence-electron chi connectivity index (χ4n) is 2.86. The Balaban J connectivity index is 1.92. The van der Waals surface area contributed by atoms with Crippen LogP contribution in [-0.2, 0) is 14.8 Å². The smallest absolute Gasteiger partial charge is 0.322 e. The van der Waals surface area contributed by atoms with Crippen LogP contribution in [-0.4, -0.2) is 41.6 Å². The van der Waals surface area contributed by atoms with Crippen LogP contribution in [0.15, 0.2) is 59.5 Å². The molecular formula is C17H17NO4S2. The summed E-state index contributed by atoms with van der Waals surface area (Å²) in [6.45, 7) is 0.100. The molecule has 1 aliphatic rings. The Morgan fingerprint density at radius 3 is 2.21 bits per heavy atom. The monoisotopic (exact) mass is 363 g/mol. The van der Waals surface area contributed by atoms with E-state index in [0.717, 1.165) is 15.4 Å². The predicted molar refractivity (Wildman–Crippen MR) is 94.6 cm³/mol. The van der Waals surface area contributed by atoms with Crippen LogP contribution in [0.1, 0.15) is 6.42 Å². The van der Waals surface area contributed by atoms with Gasteiger partial charge in [0, 0.05) is 11.8 Å². The molecule has 0 spiro atoms. The Morgan fingerprint density at radius 2 is 1.62 bits per heavy atom. The van der Waals surface area contributed by atoms with E-state index in [1.54, 1.807) is 12.1 Å². The lowest BCUT2D eigenvalue weighted by Crippen LogP contribution is -2.40. The average molecular weight is 363 g/mol. The normalized spacial score (nSPS) is 21.7. The van der Waals surface area contributed by atoms with Gasteiger partial charge in [0.05, 0.1) is 4.90 Å². The van der Waals surface area contributed by atoms with Gasteiger partial charge in [0.15, 0.2) is 0 Å². The van der Waals surface area contributed by atoms with Crippen molar-refractivity contribution in [3.8, 4) is 11.1 Å². The van der Waals surface area contributed by atoms with Gasteiger partial charge >= 0.3 is 5.97 Å². The Morgan fingerprint density at radius 1 is 1.04 bits per heavy atom. The van der Waals surface area contributed by atoms with Crippen LogP contribution >= 0.6 is 12.6 Å². The topological polar surface area (TPSA) is 74.7 Å². The van der Waals surface area contributed by atoms with E-state index in [1.165, 1.54) is 12.1 Å². The van der Waals surface area contributed by atoms with Gasteiger partial charge in [-0.3, -0.25) is 4.79 Å². The van der Waals surface area contributed by atoms with Crippen molar-refractivity contribution in [1.29, 1.82) is 0 Å². The molecule has 2 unspecified atom stereocenters. The molecule has 5 nitrogen and oxygen atoms in total. The Bertz CT molecular complexity index is 835. The van der Waals surface area contributed by atoms with Gasteiger partial charge in [-0.25, -0.2) is 8.42 Å². The van der Waals surface area contributed by atoms with E-state index in [2.05, 4.69) is 12.6 Å². The highest BCUT2D eigenvalue weighted by molar-refractivity contribution is 7.89. The van der Waals surface area contributed by atoms with Crippen molar-refractivity contribution in [2.24, 2.45) is 0 Å². The maximum absolute atomic E-state index is 12.8. The largest absolute Gasteiger partial charge is 0.480 e. The first-order chi connectivity index (χ1) is 11.4. The van der Waals surface area contributed by atoms with Crippen molar-refractivity contribution in [2.75, 3.05) is 6.54 Å². The molecule has 1 N–H and O–H groups in total. The van der Waals surface area contributed by atoms with Gasteiger partial charge in [-0.1, -0.05) is 42.5 Å². The van der Waals surface area contributed by atoms with Crippen LogP contribution < -0.4 is 0 Å². The van der Waals surface area contributed by atoms with E-state index in [4.69, 9.17) is 0 Å². The zero-order valence-corrected chi connectivity index (χ0v) is 14.5. The quantitative estimate of drug-likeness (QED) is 0.819. The molecule has 2 aromatic carbocycles. The molecule has 3 rings (SSSR count). The fourth-order valence-corrected chi connectivity index (χ4v) is 4.98. The minimum absolute atomic E-state index is 0.0934. The molecule has 24 heavy (non-hydrogen) atoms. The molecule has 0 bridgehead atoms. The second kappa shape index (κ2) is 6.58. The minimum Gasteiger partial charge on any atom is -0.480 e. The molecule has 7 heteroatoms. The van der Waals surface area contributed by atoms with Crippen molar-refractivity contribution in [3.63, 3.8) is 0 Å². The summed E-state index contributed by atoms with van der Waals surface area (Å²) in [6.07, 6.45) is 0.208. The summed E-state index contributed by atoms with van der Waals surface area (Å²) < 4.78 is 26.6. The van der Waals surface area contributed by atoms with Crippen LogP contribution in [0, 0.1) is 0 Å². The zero-order valence-electron chi connectivity index (χ0n) is 12.7. The number of thiol groups is 1. The minimum atomic E-state index is -3.86. The van der Waals surface area contributed by atoms with Crippen LogP contribution in [0.5, 0.6) is 0 Å². The Hall–Kier alpha value is -1.83. The summed E-state index contributed by atoms with van der Waals surface area (Å²) in [5.74, 6) is -1.14. The molecule has 0 aromatic heterocycles.